The number of benzene rings is 2. The van der Waals surface area contributed by atoms with Crippen molar-refractivity contribution in [2.45, 2.75) is 33.7 Å². The van der Waals surface area contributed by atoms with Gasteiger partial charge in [0, 0.05) is 11.8 Å². The summed E-state index contributed by atoms with van der Waals surface area (Å²) in [6, 6.07) is 13.9. The summed E-state index contributed by atoms with van der Waals surface area (Å²) in [7, 11) is 0. The molecule has 1 aromatic heterocycles. The van der Waals surface area contributed by atoms with Gasteiger partial charge in [-0.15, -0.1) is 11.3 Å². The van der Waals surface area contributed by atoms with E-state index in [9.17, 15) is 14.7 Å². The van der Waals surface area contributed by atoms with E-state index in [-0.39, 0.29) is 11.4 Å². The summed E-state index contributed by atoms with van der Waals surface area (Å²) in [6.07, 6.45) is 0. The second-order valence-electron chi connectivity index (χ2n) is 7.66. The Morgan fingerprint density at radius 1 is 1.16 bits per heavy atom. The summed E-state index contributed by atoms with van der Waals surface area (Å²) < 4.78 is 5.60. The van der Waals surface area contributed by atoms with Crippen LogP contribution in [0.3, 0.4) is 0 Å². The molecule has 1 atom stereocenters. The number of aliphatic hydroxyl groups is 1. The van der Waals surface area contributed by atoms with E-state index >= 15 is 0 Å². The van der Waals surface area contributed by atoms with E-state index in [0.717, 1.165) is 16.1 Å². The van der Waals surface area contributed by atoms with Crippen molar-refractivity contribution in [3.05, 3.63) is 86.6 Å². The van der Waals surface area contributed by atoms with Gasteiger partial charge in [0.25, 0.3) is 5.91 Å². The molecule has 0 aliphatic carbocycles. The number of hydrogen-bond acceptors (Lipinski definition) is 6. The van der Waals surface area contributed by atoms with E-state index < -0.39 is 17.7 Å². The first-order valence-electron chi connectivity index (χ1n) is 10.4. The summed E-state index contributed by atoms with van der Waals surface area (Å²) in [4.78, 5) is 33.1. The highest BCUT2D eigenvalue weighted by molar-refractivity contribution is 7.14. The third-order valence-electron chi connectivity index (χ3n) is 5.33. The van der Waals surface area contributed by atoms with Gasteiger partial charge in [-0.1, -0.05) is 35.9 Å². The summed E-state index contributed by atoms with van der Waals surface area (Å²) in [5, 5.41) is 11.7. The number of thiazole rings is 1. The van der Waals surface area contributed by atoms with Crippen molar-refractivity contribution in [2.24, 2.45) is 0 Å². The molecule has 1 aliphatic heterocycles. The van der Waals surface area contributed by atoms with Gasteiger partial charge < -0.3 is 9.84 Å². The number of hydrogen-bond donors (Lipinski definition) is 1. The highest BCUT2D eigenvalue weighted by Crippen LogP contribution is 2.43. The average Bonchev–Trinajstić information content (AvgIpc) is 3.23. The van der Waals surface area contributed by atoms with Crippen molar-refractivity contribution >= 4 is 28.7 Å². The Morgan fingerprint density at radius 2 is 1.91 bits per heavy atom. The Labute approximate surface area is 190 Å². The van der Waals surface area contributed by atoms with Crippen LogP contribution in [0.15, 0.2) is 59.9 Å². The average molecular weight is 449 g/mol. The SMILES string of the molecule is CCOc1cccc(N2C(=O)C(O)=C(C(=O)c3sc(C)nc3C)C2c2cccc(C)c2)c1. The zero-order valence-electron chi connectivity index (χ0n) is 18.4. The molecule has 3 aromatic rings. The topological polar surface area (TPSA) is 79.7 Å². The molecule has 32 heavy (non-hydrogen) atoms. The molecule has 2 heterocycles. The smallest absolute Gasteiger partial charge is 0.294 e. The van der Waals surface area contributed by atoms with Gasteiger partial charge in [0.05, 0.1) is 33.8 Å². The quantitative estimate of drug-likeness (QED) is 0.521. The van der Waals surface area contributed by atoms with Crippen molar-refractivity contribution in [2.75, 3.05) is 11.5 Å². The maximum absolute atomic E-state index is 13.6. The predicted octanol–water partition coefficient (Wildman–Crippen LogP) is 5.25. The molecule has 4 rings (SSSR count). The first kappa shape index (κ1) is 21.8. The third-order valence-corrected chi connectivity index (χ3v) is 6.40. The molecule has 0 fully saturated rings. The fraction of sp³-hybridized carbons (Fsp3) is 0.240. The Bertz CT molecular complexity index is 1240. The molecular weight excluding hydrogens is 424 g/mol. The van der Waals surface area contributed by atoms with Crippen LogP contribution in [0.2, 0.25) is 0 Å². The predicted molar refractivity (Wildman–Crippen MR) is 125 cm³/mol. The lowest BCUT2D eigenvalue weighted by Crippen LogP contribution is -2.31. The van der Waals surface area contributed by atoms with E-state index in [1.807, 2.05) is 45.0 Å². The number of ether oxygens (including phenoxy) is 1. The zero-order chi connectivity index (χ0) is 23.0. The molecule has 1 amide bonds. The number of aromatic nitrogens is 1. The van der Waals surface area contributed by atoms with Gasteiger partial charge in [0.1, 0.15) is 5.75 Å². The molecular formula is C25H24N2O4S. The molecule has 0 spiro atoms. The maximum Gasteiger partial charge on any atom is 0.294 e. The van der Waals surface area contributed by atoms with E-state index in [1.165, 1.54) is 16.2 Å². The monoisotopic (exact) mass is 448 g/mol. The molecule has 0 bridgehead atoms. The van der Waals surface area contributed by atoms with Crippen molar-refractivity contribution in [1.29, 1.82) is 0 Å². The van der Waals surface area contributed by atoms with Gasteiger partial charge in [0.2, 0.25) is 5.78 Å². The molecule has 1 N–H and O–H groups in total. The summed E-state index contributed by atoms with van der Waals surface area (Å²) >= 11 is 1.26. The third kappa shape index (κ3) is 3.80. The van der Waals surface area contributed by atoms with Crippen molar-refractivity contribution in [3.63, 3.8) is 0 Å². The number of anilines is 1. The maximum atomic E-state index is 13.6. The van der Waals surface area contributed by atoms with Crippen LogP contribution < -0.4 is 9.64 Å². The van der Waals surface area contributed by atoms with Crippen LogP contribution in [0, 0.1) is 20.8 Å². The van der Waals surface area contributed by atoms with Crippen LogP contribution in [0.4, 0.5) is 5.69 Å². The Kier molecular flexibility index (Phi) is 5.84. The second-order valence-corrected chi connectivity index (χ2v) is 8.86. The number of carbonyl (C=O) groups excluding carboxylic acids is 2. The molecule has 6 nitrogen and oxygen atoms in total. The van der Waals surface area contributed by atoms with Crippen LogP contribution in [0.5, 0.6) is 5.75 Å². The minimum atomic E-state index is -0.770. The summed E-state index contributed by atoms with van der Waals surface area (Å²) in [5.41, 5.74) is 2.92. The molecule has 164 valence electrons. The molecule has 1 aliphatic rings. The number of amides is 1. The van der Waals surface area contributed by atoms with Gasteiger partial charge in [-0.2, -0.15) is 0 Å². The van der Waals surface area contributed by atoms with E-state index in [2.05, 4.69) is 4.98 Å². The highest BCUT2D eigenvalue weighted by atomic mass is 32.1. The molecule has 1 unspecified atom stereocenters. The lowest BCUT2D eigenvalue weighted by molar-refractivity contribution is -0.117. The fourth-order valence-electron chi connectivity index (χ4n) is 4.01. The van der Waals surface area contributed by atoms with Crippen LogP contribution in [-0.4, -0.2) is 28.4 Å². The van der Waals surface area contributed by atoms with Crippen molar-refractivity contribution in [3.8, 4) is 5.75 Å². The van der Waals surface area contributed by atoms with Crippen LogP contribution in [-0.2, 0) is 4.79 Å². The van der Waals surface area contributed by atoms with E-state index in [0.29, 0.717) is 28.6 Å². The summed E-state index contributed by atoms with van der Waals surface area (Å²) in [5.74, 6) is -0.927. The number of aliphatic hydroxyl groups excluding tert-OH is 1. The normalized spacial score (nSPS) is 16.1. The number of carbonyl (C=O) groups is 2. The molecule has 0 saturated heterocycles. The largest absolute Gasteiger partial charge is 0.503 e. The Balaban J connectivity index is 1.89. The van der Waals surface area contributed by atoms with Crippen LogP contribution >= 0.6 is 11.3 Å². The lowest BCUT2D eigenvalue weighted by Gasteiger charge is -2.27. The molecule has 2 aromatic carbocycles. The van der Waals surface area contributed by atoms with Gasteiger partial charge in [-0.25, -0.2) is 4.98 Å². The molecule has 0 radical (unpaired) electrons. The van der Waals surface area contributed by atoms with Gasteiger partial charge >= 0.3 is 0 Å². The standard InChI is InChI=1S/C25H24N2O4S/c1-5-31-19-11-7-10-18(13-19)27-21(17-9-6-8-14(2)12-17)20(23(29)25(27)30)22(28)24-15(3)26-16(4)32-24/h6-13,21,29H,5H2,1-4H3. The van der Waals surface area contributed by atoms with E-state index in [1.54, 1.807) is 31.2 Å². The van der Waals surface area contributed by atoms with Crippen LogP contribution in [0.1, 0.15) is 44.5 Å². The zero-order valence-corrected chi connectivity index (χ0v) is 19.2. The number of Topliss-reactive ketones (excluding diaryl/α,β-unsaturated/α-hetero) is 1. The fourth-order valence-corrected chi connectivity index (χ4v) is 4.89. The van der Waals surface area contributed by atoms with Gasteiger partial charge in [-0.05, 0) is 45.4 Å². The minimum absolute atomic E-state index is 0.0640. The Morgan fingerprint density at radius 3 is 2.56 bits per heavy atom. The number of aryl methyl sites for hydroxylation is 3. The number of ketones is 1. The van der Waals surface area contributed by atoms with Gasteiger partial charge in [0.15, 0.2) is 5.76 Å². The molecule has 7 heteroatoms. The highest BCUT2D eigenvalue weighted by Gasteiger charge is 2.45. The summed E-state index contributed by atoms with van der Waals surface area (Å²) in [6.45, 7) is 7.90. The molecule has 0 saturated carbocycles. The van der Waals surface area contributed by atoms with Gasteiger partial charge in [-0.3, -0.25) is 14.5 Å². The van der Waals surface area contributed by atoms with Crippen LogP contribution in [0.25, 0.3) is 0 Å². The number of nitrogens with zero attached hydrogens (tertiary/aromatic N) is 2. The minimum Gasteiger partial charge on any atom is -0.503 e. The van der Waals surface area contributed by atoms with Crippen molar-refractivity contribution < 1.29 is 19.4 Å². The first-order chi connectivity index (χ1) is 15.3. The lowest BCUT2D eigenvalue weighted by atomic mass is 9.94. The second kappa shape index (κ2) is 8.59. The van der Waals surface area contributed by atoms with E-state index in [4.69, 9.17) is 4.74 Å². The van der Waals surface area contributed by atoms with Crippen molar-refractivity contribution in [1.82, 2.24) is 4.98 Å². The first-order valence-corrected chi connectivity index (χ1v) is 11.2. The Hall–Kier alpha value is -3.45. The number of rotatable bonds is 6.